The minimum atomic E-state index is -3.68. The first-order valence-electron chi connectivity index (χ1n) is 6.61. The molecule has 2 rings (SSSR count). The van der Waals surface area contributed by atoms with Gasteiger partial charge in [-0.25, -0.2) is 8.42 Å². The van der Waals surface area contributed by atoms with Crippen LogP contribution >= 0.6 is 11.6 Å². The highest BCUT2D eigenvalue weighted by molar-refractivity contribution is 7.89. The van der Waals surface area contributed by atoms with Gasteiger partial charge in [0, 0.05) is 38.2 Å². The van der Waals surface area contributed by atoms with Crippen LogP contribution in [0.1, 0.15) is 0 Å². The maximum Gasteiger partial charge on any atom is 0.243 e. The topological polar surface area (TPSA) is 69.7 Å². The highest BCUT2D eigenvalue weighted by Gasteiger charge is 2.25. The Balaban J connectivity index is 2.06. The number of amides is 1. The van der Waals surface area contributed by atoms with Crippen LogP contribution in [0.2, 0.25) is 5.02 Å². The van der Waals surface area contributed by atoms with Gasteiger partial charge in [-0.2, -0.15) is 4.31 Å². The van der Waals surface area contributed by atoms with Gasteiger partial charge in [0.05, 0.1) is 11.4 Å². The lowest BCUT2D eigenvalue weighted by Crippen LogP contribution is -2.49. The largest absolute Gasteiger partial charge is 0.339 e. The Morgan fingerprint density at radius 1 is 1.29 bits per heavy atom. The van der Waals surface area contributed by atoms with E-state index in [0.717, 1.165) is 17.4 Å². The third-order valence-corrected chi connectivity index (χ3v) is 5.42. The molecule has 116 valence electrons. The number of hydrogen-bond acceptors (Lipinski definition) is 4. The van der Waals surface area contributed by atoms with E-state index in [-0.39, 0.29) is 17.3 Å². The normalized spacial score (nSPS) is 16.2. The van der Waals surface area contributed by atoms with E-state index in [2.05, 4.69) is 5.32 Å². The molecule has 1 fully saturated rings. The van der Waals surface area contributed by atoms with Crippen molar-refractivity contribution >= 4 is 27.5 Å². The van der Waals surface area contributed by atoms with Crippen LogP contribution in [0.5, 0.6) is 0 Å². The second-order valence-electron chi connectivity index (χ2n) is 4.85. The summed E-state index contributed by atoms with van der Waals surface area (Å²) in [5.41, 5.74) is 0. The number of hydrogen-bond donors (Lipinski definition) is 1. The second kappa shape index (κ2) is 6.74. The summed E-state index contributed by atoms with van der Waals surface area (Å²) in [6.45, 7) is 2.52. The average Bonchev–Trinajstić information content (AvgIpc) is 2.48. The molecular weight excluding hydrogens is 314 g/mol. The summed E-state index contributed by atoms with van der Waals surface area (Å²) in [5.74, 6) is -0.184. The van der Waals surface area contributed by atoms with Gasteiger partial charge in [-0.3, -0.25) is 4.79 Å². The van der Waals surface area contributed by atoms with E-state index < -0.39 is 10.0 Å². The predicted molar refractivity (Wildman–Crippen MR) is 80.7 cm³/mol. The highest BCUT2D eigenvalue weighted by atomic mass is 35.5. The first-order valence-corrected chi connectivity index (χ1v) is 8.43. The molecule has 0 spiro atoms. The lowest BCUT2D eigenvalue weighted by molar-refractivity contribution is -0.131. The fourth-order valence-electron chi connectivity index (χ4n) is 2.08. The van der Waals surface area contributed by atoms with Gasteiger partial charge in [0.25, 0.3) is 0 Å². The summed E-state index contributed by atoms with van der Waals surface area (Å²) in [4.78, 5) is 13.9. The SMILES string of the molecule is CN(CC(=O)N1CCNCC1)S(=O)(=O)c1ccc(Cl)cc1. The number of likely N-dealkylation sites (N-methyl/N-ethyl adjacent to an activating group) is 1. The smallest absolute Gasteiger partial charge is 0.243 e. The molecule has 0 unspecified atom stereocenters. The second-order valence-corrected chi connectivity index (χ2v) is 7.33. The van der Waals surface area contributed by atoms with Crippen molar-refractivity contribution in [3.8, 4) is 0 Å². The molecule has 6 nitrogen and oxygen atoms in total. The molecule has 1 N–H and O–H groups in total. The van der Waals surface area contributed by atoms with Crippen LogP contribution in [-0.4, -0.2) is 63.3 Å². The number of piperazine rings is 1. The highest BCUT2D eigenvalue weighted by Crippen LogP contribution is 2.17. The van der Waals surface area contributed by atoms with E-state index in [1.807, 2.05) is 0 Å². The number of sulfonamides is 1. The van der Waals surface area contributed by atoms with Gasteiger partial charge in [0.15, 0.2) is 0 Å². The Morgan fingerprint density at radius 3 is 2.43 bits per heavy atom. The number of nitrogens with one attached hydrogen (secondary N) is 1. The fraction of sp³-hybridized carbons (Fsp3) is 0.462. The van der Waals surface area contributed by atoms with Crippen molar-refractivity contribution in [1.29, 1.82) is 0 Å². The summed E-state index contributed by atoms with van der Waals surface area (Å²) >= 11 is 5.75. The zero-order valence-electron chi connectivity index (χ0n) is 11.8. The number of carbonyl (C=O) groups is 1. The van der Waals surface area contributed by atoms with Crippen LogP contribution in [-0.2, 0) is 14.8 Å². The van der Waals surface area contributed by atoms with E-state index in [1.165, 1.54) is 31.3 Å². The minimum Gasteiger partial charge on any atom is -0.339 e. The van der Waals surface area contributed by atoms with E-state index in [4.69, 9.17) is 11.6 Å². The molecular formula is C13H18ClN3O3S. The van der Waals surface area contributed by atoms with Gasteiger partial charge in [-0.15, -0.1) is 0 Å². The molecule has 1 amide bonds. The van der Waals surface area contributed by atoms with Crippen molar-refractivity contribution in [2.45, 2.75) is 4.90 Å². The first-order chi connectivity index (χ1) is 9.91. The molecule has 1 aromatic rings. The number of nitrogens with zero attached hydrogens (tertiary/aromatic N) is 2. The molecule has 1 heterocycles. The summed E-state index contributed by atoms with van der Waals surface area (Å²) < 4.78 is 25.8. The molecule has 0 aromatic heterocycles. The summed E-state index contributed by atoms with van der Waals surface area (Å²) in [5, 5.41) is 3.61. The summed E-state index contributed by atoms with van der Waals surface area (Å²) in [7, 11) is -2.27. The molecule has 1 aliphatic rings. The van der Waals surface area contributed by atoms with E-state index in [9.17, 15) is 13.2 Å². The number of benzene rings is 1. The molecule has 1 aromatic carbocycles. The molecule has 1 aliphatic heterocycles. The molecule has 0 radical (unpaired) electrons. The summed E-state index contributed by atoms with van der Waals surface area (Å²) in [6, 6.07) is 5.90. The molecule has 0 atom stereocenters. The van der Waals surface area contributed by atoms with Crippen molar-refractivity contribution in [3.05, 3.63) is 29.3 Å². The van der Waals surface area contributed by atoms with E-state index in [0.29, 0.717) is 18.1 Å². The average molecular weight is 332 g/mol. The minimum absolute atomic E-state index is 0.127. The van der Waals surface area contributed by atoms with Gasteiger partial charge in [0.1, 0.15) is 0 Å². The third kappa shape index (κ3) is 3.94. The van der Waals surface area contributed by atoms with E-state index in [1.54, 1.807) is 4.90 Å². The Bertz CT molecular complexity index is 598. The molecule has 0 saturated carbocycles. The maximum atomic E-state index is 12.4. The number of halogens is 1. The van der Waals surface area contributed by atoms with Crippen LogP contribution in [0, 0.1) is 0 Å². The fourth-order valence-corrected chi connectivity index (χ4v) is 3.32. The van der Waals surface area contributed by atoms with Crippen molar-refractivity contribution in [1.82, 2.24) is 14.5 Å². The predicted octanol–water partition coefficient (Wildman–Crippen LogP) is 0.392. The monoisotopic (exact) mass is 331 g/mol. The Kier molecular flexibility index (Phi) is 5.21. The summed E-state index contributed by atoms with van der Waals surface area (Å²) in [6.07, 6.45) is 0. The number of carbonyl (C=O) groups excluding carboxylic acids is 1. The van der Waals surface area contributed by atoms with Crippen LogP contribution in [0.25, 0.3) is 0 Å². The molecule has 0 aliphatic carbocycles. The van der Waals surface area contributed by atoms with Crippen LogP contribution < -0.4 is 5.32 Å². The van der Waals surface area contributed by atoms with Gasteiger partial charge in [-0.05, 0) is 24.3 Å². The van der Waals surface area contributed by atoms with Crippen LogP contribution in [0.15, 0.2) is 29.2 Å². The lowest BCUT2D eigenvalue weighted by Gasteiger charge is -2.29. The van der Waals surface area contributed by atoms with Crippen molar-refractivity contribution in [2.75, 3.05) is 39.8 Å². The quantitative estimate of drug-likeness (QED) is 0.866. The van der Waals surface area contributed by atoms with Crippen LogP contribution in [0.3, 0.4) is 0 Å². The molecule has 8 heteroatoms. The third-order valence-electron chi connectivity index (χ3n) is 3.35. The zero-order chi connectivity index (χ0) is 15.5. The molecule has 0 bridgehead atoms. The van der Waals surface area contributed by atoms with Crippen molar-refractivity contribution in [3.63, 3.8) is 0 Å². The van der Waals surface area contributed by atoms with Crippen molar-refractivity contribution in [2.24, 2.45) is 0 Å². The number of rotatable bonds is 4. The Morgan fingerprint density at radius 2 is 1.86 bits per heavy atom. The molecule has 21 heavy (non-hydrogen) atoms. The molecule has 1 saturated heterocycles. The first kappa shape index (κ1) is 16.2. The van der Waals surface area contributed by atoms with Crippen LogP contribution in [0.4, 0.5) is 0 Å². The van der Waals surface area contributed by atoms with E-state index >= 15 is 0 Å². The van der Waals surface area contributed by atoms with Gasteiger partial charge in [-0.1, -0.05) is 11.6 Å². The lowest BCUT2D eigenvalue weighted by atomic mass is 10.3. The Labute approximate surface area is 129 Å². The maximum absolute atomic E-state index is 12.4. The Hall–Kier alpha value is -1.15. The standard InChI is InChI=1S/C13H18ClN3O3S/c1-16(10-13(18)17-8-6-15-7-9-17)21(19,20)12-4-2-11(14)3-5-12/h2-5,15H,6-10H2,1H3. The van der Waals surface area contributed by atoms with Gasteiger partial charge in [0.2, 0.25) is 15.9 Å². The van der Waals surface area contributed by atoms with Gasteiger partial charge >= 0.3 is 0 Å². The van der Waals surface area contributed by atoms with Crippen molar-refractivity contribution < 1.29 is 13.2 Å². The van der Waals surface area contributed by atoms with Gasteiger partial charge < -0.3 is 10.2 Å². The zero-order valence-corrected chi connectivity index (χ0v) is 13.3.